The van der Waals surface area contributed by atoms with Crippen LogP contribution in [0.15, 0.2) is 23.3 Å². The highest BCUT2D eigenvalue weighted by molar-refractivity contribution is 6.42. The topological polar surface area (TPSA) is 84.3 Å². The first-order valence-corrected chi connectivity index (χ1v) is 8.44. The van der Waals surface area contributed by atoms with Crippen LogP contribution < -0.4 is 0 Å². The van der Waals surface area contributed by atoms with E-state index in [9.17, 15) is 4.79 Å². The Labute approximate surface area is 150 Å². The molecule has 3 atom stereocenters. The van der Waals surface area contributed by atoms with Gasteiger partial charge in [0.1, 0.15) is 6.10 Å². The molecule has 0 aliphatic carbocycles. The van der Waals surface area contributed by atoms with Crippen LogP contribution in [0.4, 0.5) is 0 Å². The van der Waals surface area contributed by atoms with Crippen molar-refractivity contribution in [3.05, 3.63) is 44.3 Å². The van der Waals surface area contributed by atoms with E-state index in [0.29, 0.717) is 23.1 Å². The minimum atomic E-state index is -0.550. The van der Waals surface area contributed by atoms with E-state index in [1.54, 1.807) is 18.2 Å². The Morgan fingerprint density at radius 3 is 2.75 bits per heavy atom. The van der Waals surface area contributed by atoms with Gasteiger partial charge in [0.25, 0.3) is 0 Å². The molecule has 0 spiro atoms. The van der Waals surface area contributed by atoms with Crippen LogP contribution >= 0.6 is 23.2 Å². The third-order valence-electron chi connectivity index (χ3n) is 4.03. The van der Waals surface area contributed by atoms with Crippen LogP contribution in [0.2, 0.25) is 10.0 Å². The lowest BCUT2D eigenvalue weighted by molar-refractivity contribution is -0.146. The number of hydrogen-bond donors (Lipinski definition) is 0. The molecule has 1 aromatic rings. The molecule has 1 saturated heterocycles. The van der Waals surface area contributed by atoms with Crippen LogP contribution in [0.3, 0.4) is 0 Å². The molecule has 130 valence electrons. The number of cyclic esters (lactones) is 1. The minimum Gasteiger partial charge on any atom is -0.462 e. The summed E-state index contributed by atoms with van der Waals surface area (Å²) in [6.45, 7) is 4.39. The lowest BCUT2D eigenvalue weighted by Gasteiger charge is -2.18. The van der Waals surface area contributed by atoms with Crippen LogP contribution in [0.25, 0.3) is 10.4 Å². The molecule has 24 heavy (non-hydrogen) atoms. The molecule has 0 unspecified atom stereocenters. The Bertz CT molecular complexity index is 647. The predicted octanol–water partition coefficient (Wildman–Crippen LogP) is 4.78. The summed E-state index contributed by atoms with van der Waals surface area (Å²) in [7, 11) is 0. The molecule has 6 nitrogen and oxygen atoms in total. The maximum atomic E-state index is 11.9. The summed E-state index contributed by atoms with van der Waals surface area (Å²) in [6, 6.07) is 4.67. The van der Waals surface area contributed by atoms with Gasteiger partial charge in [0.2, 0.25) is 0 Å². The number of rotatable bonds is 7. The van der Waals surface area contributed by atoms with E-state index in [4.69, 9.17) is 38.2 Å². The standard InChI is InChI=1S/C16H19Cl2N3O3/c1-9(2)11-6-15(24-16(11)22)14(20-21-19)8-23-7-10-3-4-12(17)13(18)5-10/h3-5,9,11,14-15H,6-8H2,1-2H3/t11-,14-,15-/m0/s1. The number of carbonyl (C=O) groups is 1. The summed E-state index contributed by atoms with van der Waals surface area (Å²) in [5.41, 5.74) is 9.61. The predicted molar refractivity (Wildman–Crippen MR) is 91.9 cm³/mol. The summed E-state index contributed by atoms with van der Waals surface area (Å²) in [6.07, 6.45) is 0.0886. The average Bonchev–Trinajstić information content (AvgIpc) is 2.92. The van der Waals surface area contributed by atoms with Crippen molar-refractivity contribution >= 4 is 29.2 Å². The molecule has 1 aliphatic heterocycles. The fraction of sp³-hybridized carbons (Fsp3) is 0.562. The molecule has 2 rings (SSSR count). The van der Waals surface area contributed by atoms with Crippen LogP contribution in [0.1, 0.15) is 25.8 Å². The first-order chi connectivity index (χ1) is 11.4. The quantitative estimate of drug-likeness (QED) is 0.299. The minimum absolute atomic E-state index is 0.160. The van der Waals surface area contributed by atoms with Gasteiger partial charge in [0, 0.05) is 4.91 Å². The third kappa shape index (κ3) is 4.77. The molecular formula is C16H19Cl2N3O3. The van der Waals surface area contributed by atoms with Crippen molar-refractivity contribution in [2.24, 2.45) is 17.0 Å². The second-order valence-electron chi connectivity index (χ2n) is 6.10. The summed E-state index contributed by atoms with van der Waals surface area (Å²) >= 11 is 11.8. The van der Waals surface area contributed by atoms with E-state index in [0.717, 1.165) is 5.56 Å². The van der Waals surface area contributed by atoms with Crippen LogP contribution in [0.5, 0.6) is 0 Å². The summed E-state index contributed by atoms with van der Waals surface area (Å²) < 4.78 is 11.0. The van der Waals surface area contributed by atoms with Gasteiger partial charge in [-0.15, -0.1) is 0 Å². The van der Waals surface area contributed by atoms with Gasteiger partial charge in [0.05, 0.1) is 35.2 Å². The number of hydrogen-bond acceptors (Lipinski definition) is 4. The van der Waals surface area contributed by atoms with Gasteiger partial charge in [-0.3, -0.25) is 4.79 Å². The number of esters is 1. The Hall–Kier alpha value is -1.46. The Morgan fingerprint density at radius 2 is 2.17 bits per heavy atom. The molecule has 0 aromatic heterocycles. The number of halogens is 2. The number of nitrogens with zero attached hydrogens (tertiary/aromatic N) is 3. The molecule has 0 N–H and O–H groups in total. The molecule has 0 radical (unpaired) electrons. The summed E-state index contributed by atoms with van der Waals surface area (Å²) in [4.78, 5) is 14.7. The first kappa shape index (κ1) is 18.9. The zero-order chi connectivity index (χ0) is 17.7. The maximum Gasteiger partial charge on any atom is 0.309 e. The van der Waals surface area contributed by atoms with E-state index in [-0.39, 0.29) is 24.4 Å². The second-order valence-corrected chi connectivity index (χ2v) is 6.91. The van der Waals surface area contributed by atoms with E-state index in [1.165, 1.54) is 0 Å². The van der Waals surface area contributed by atoms with Crippen molar-refractivity contribution in [3.8, 4) is 0 Å². The van der Waals surface area contributed by atoms with Gasteiger partial charge in [-0.05, 0) is 35.6 Å². The van der Waals surface area contributed by atoms with E-state index in [2.05, 4.69) is 10.0 Å². The van der Waals surface area contributed by atoms with Crippen molar-refractivity contribution in [2.45, 2.75) is 39.0 Å². The Morgan fingerprint density at radius 1 is 1.42 bits per heavy atom. The van der Waals surface area contributed by atoms with E-state index in [1.807, 2.05) is 13.8 Å². The molecule has 0 saturated carbocycles. The second kappa shape index (κ2) is 8.58. The normalized spacial score (nSPS) is 21.5. The molecular weight excluding hydrogens is 353 g/mol. The van der Waals surface area contributed by atoms with Gasteiger partial charge >= 0.3 is 5.97 Å². The first-order valence-electron chi connectivity index (χ1n) is 7.68. The number of benzene rings is 1. The lowest BCUT2D eigenvalue weighted by atomic mass is 9.91. The van der Waals surface area contributed by atoms with Crippen LogP contribution in [0, 0.1) is 11.8 Å². The smallest absolute Gasteiger partial charge is 0.309 e. The number of ether oxygens (including phenoxy) is 2. The monoisotopic (exact) mass is 371 g/mol. The highest BCUT2D eigenvalue weighted by Crippen LogP contribution is 2.30. The van der Waals surface area contributed by atoms with Gasteiger partial charge in [-0.25, -0.2) is 0 Å². The Balaban J connectivity index is 1.93. The van der Waals surface area contributed by atoms with E-state index < -0.39 is 12.1 Å². The zero-order valence-electron chi connectivity index (χ0n) is 13.5. The molecule has 1 aromatic carbocycles. The van der Waals surface area contributed by atoms with Gasteiger partial charge in [-0.2, -0.15) is 0 Å². The van der Waals surface area contributed by atoms with Crippen molar-refractivity contribution in [3.63, 3.8) is 0 Å². The van der Waals surface area contributed by atoms with Gasteiger partial charge < -0.3 is 9.47 Å². The maximum absolute atomic E-state index is 11.9. The molecule has 0 amide bonds. The van der Waals surface area contributed by atoms with Gasteiger partial charge in [-0.1, -0.05) is 48.2 Å². The molecule has 0 bridgehead atoms. The largest absolute Gasteiger partial charge is 0.462 e. The van der Waals surface area contributed by atoms with Crippen molar-refractivity contribution < 1.29 is 14.3 Å². The van der Waals surface area contributed by atoms with Crippen molar-refractivity contribution in [1.82, 2.24) is 0 Å². The highest BCUT2D eigenvalue weighted by atomic mass is 35.5. The van der Waals surface area contributed by atoms with Crippen LogP contribution in [-0.2, 0) is 20.9 Å². The SMILES string of the molecule is CC(C)[C@@H]1C[C@@H]([C@H](COCc2ccc(Cl)c(Cl)c2)N=[N+]=[N-])OC1=O. The summed E-state index contributed by atoms with van der Waals surface area (Å²) in [5, 5.41) is 4.66. The molecule has 8 heteroatoms. The van der Waals surface area contributed by atoms with Crippen molar-refractivity contribution in [1.29, 1.82) is 0 Å². The lowest BCUT2D eigenvalue weighted by Crippen LogP contribution is -2.28. The fourth-order valence-electron chi connectivity index (χ4n) is 2.62. The molecule has 1 fully saturated rings. The van der Waals surface area contributed by atoms with Gasteiger partial charge in [0.15, 0.2) is 0 Å². The zero-order valence-corrected chi connectivity index (χ0v) is 15.0. The van der Waals surface area contributed by atoms with Crippen LogP contribution in [-0.4, -0.2) is 24.7 Å². The number of carbonyl (C=O) groups excluding carboxylic acids is 1. The number of azide groups is 1. The fourth-order valence-corrected chi connectivity index (χ4v) is 2.94. The molecule has 1 heterocycles. The average molecular weight is 372 g/mol. The Kier molecular flexibility index (Phi) is 6.75. The summed E-state index contributed by atoms with van der Waals surface area (Å²) in [5.74, 6) is -0.217. The van der Waals surface area contributed by atoms with E-state index >= 15 is 0 Å². The van der Waals surface area contributed by atoms with Crippen molar-refractivity contribution in [2.75, 3.05) is 6.61 Å². The third-order valence-corrected chi connectivity index (χ3v) is 4.77. The highest BCUT2D eigenvalue weighted by Gasteiger charge is 2.40. The molecule has 1 aliphatic rings.